The number of allylic oxidation sites excluding steroid dienone is 2. The summed E-state index contributed by atoms with van der Waals surface area (Å²) in [5, 5.41) is 23.8. The Morgan fingerprint density at radius 2 is 1.06 bits per heavy atom. The Balaban J connectivity index is 1.16. The van der Waals surface area contributed by atoms with Crippen LogP contribution in [-0.2, 0) is 14.3 Å². The number of β-lactam (4-membered cyclic amide) rings is 2. The van der Waals surface area contributed by atoms with E-state index >= 15 is 0 Å². The van der Waals surface area contributed by atoms with Gasteiger partial charge in [0.15, 0.2) is 12.2 Å². The second-order valence-corrected chi connectivity index (χ2v) is 13.5. The summed E-state index contributed by atoms with van der Waals surface area (Å²) in [5.74, 6) is 1.02. The quantitative estimate of drug-likeness (QED) is 0.371. The summed E-state index contributed by atoms with van der Waals surface area (Å²) in [6, 6.07) is 25.8. The largest absolute Gasteiger partial charge is 0.497 e. The Bertz CT molecular complexity index is 2010. The molecule has 9 heteroatoms. The molecule has 0 spiro atoms. The number of hydrogen-bond donors (Lipinski definition) is 2. The molecular formula is C40H36N2O7. The van der Waals surface area contributed by atoms with Crippen LogP contribution in [0.4, 0.5) is 0 Å². The molecule has 4 heterocycles. The summed E-state index contributed by atoms with van der Waals surface area (Å²) >= 11 is 0. The number of carbonyl (C=O) groups excluding carboxylic acids is 2. The molecule has 248 valence electrons. The molecule has 0 radical (unpaired) electrons. The maximum atomic E-state index is 13.7. The second-order valence-electron chi connectivity index (χ2n) is 13.5. The first-order chi connectivity index (χ1) is 23.9. The lowest BCUT2D eigenvalue weighted by molar-refractivity contribution is -0.175. The van der Waals surface area contributed by atoms with Gasteiger partial charge in [-0.3, -0.25) is 9.59 Å². The fourth-order valence-corrected chi connectivity index (χ4v) is 8.64. The van der Waals surface area contributed by atoms with E-state index in [1.165, 1.54) is 7.11 Å². The summed E-state index contributed by atoms with van der Waals surface area (Å²) < 4.78 is 17.1. The van der Waals surface area contributed by atoms with Crippen LogP contribution in [0.5, 0.6) is 11.5 Å². The van der Waals surface area contributed by atoms with Gasteiger partial charge in [0.1, 0.15) is 29.7 Å². The molecule has 2 saturated heterocycles. The predicted octanol–water partition coefficient (Wildman–Crippen LogP) is 3.94. The number of carbonyl (C=O) groups is 2. The van der Waals surface area contributed by atoms with Gasteiger partial charge in [-0.25, -0.2) is 0 Å². The highest BCUT2D eigenvalue weighted by molar-refractivity contribution is 5.95. The van der Waals surface area contributed by atoms with Crippen LogP contribution < -0.4 is 9.47 Å². The first-order valence-corrected chi connectivity index (χ1v) is 16.7. The molecule has 3 aromatic rings. The number of benzene rings is 3. The number of para-hydroxylation sites is 1. The van der Waals surface area contributed by atoms with E-state index in [0.717, 1.165) is 55.7 Å². The van der Waals surface area contributed by atoms with Crippen molar-refractivity contribution in [1.29, 1.82) is 0 Å². The van der Waals surface area contributed by atoms with Gasteiger partial charge in [-0.1, -0.05) is 60.7 Å². The van der Waals surface area contributed by atoms with Gasteiger partial charge in [0.05, 0.1) is 13.2 Å². The van der Waals surface area contributed by atoms with Crippen molar-refractivity contribution in [1.82, 2.24) is 9.80 Å². The molecule has 0 saturated carbocycles. The van der Waals surface area contributed by atoms with Gasteiger partial charge in [0.2, 0.25) is 0 Å². The van der Waals surface area contributed by atoms with Crippen molar-refractivity contribution < 1.29 is 34.0 Å². The van der Waals surface area contributed by atoms with Crippen molar-refractivity contribution in [2.24, 2.45) is 0 Å². The molecule has 2 amide bonds. The van der Waals surface area contributed by atoms with Crippen LogP contribution in [-0.4, -0.2) is 95.6 Å². The third-order valence-electron chi connectivity index (χ3n) is 11.2. The maximum absolute atomic E-state index is 13.7. The minimum Gasteiger partial charge on any atom is -0.497 e. The molecule has 6 atom stereocenters. The lowest BCUT2D eigenvalue weighted by Crippen LogP contribution is -2.70. The smallest absolute Gasteiger partial charge is 0.266 e. The zero-order valence-electron chi connectivity index (χ0n) is 27.2. The number of fused-ring (bicyclic) bond motifs is 4. The molecule has 9 rings (SSSR count). The highest BCUT2D eigenvalue weighted by atomic mass is 16.5. The number of aliphatic hydroxyl groups is 2. The Morgan fingerprint density at radius 3 is 1.59 bits per heavy atom. The average molecular weight is 657 g/mol. The first-order valence-electron chi connectivity index (χ1n) is 16.7. The molecule has 0 aromatic heterocycles. The fourth-order valence-electron chi connectivity index (χ4n) is 8.64. The third kappa shape index (κ3) is 4.35. The number of nitrogens with zero attached hydrogens (tertiary/aromatic N) is 2. The lowest BCUT2D eigenvalue weighted by atomic mass is 9.66. The summed E-state index contributed by atoms with van der Waals surface area (Å²) in [4.78, 5) is 30.3. The number of ether oxygens (including phenoxy) is 3. The minimum absolute atomic E-state index is 0.122. The molecule has 2 fully saturated rings. The van der Waals surface area contributed by atoms with E-state index in [1.54, 1.807) is 16.9 Å². The van der Waals surface area contributed by atoms with E-state index in [4.69, 9.17) is 14.2 Å². The monoisotopic (exact) mass is 656 g/mol. The van der Waals surface area contributed by atoms with Crippen LogP contribution in [0.25, 0.3) is 11.1 Å². The molecule has 49 heavy (non-hydrogen) atoms. The van der Waals surface area contributed by atoms with Gasteiger partial charge in [-0.2, -0.15) is 0 Å². The Hall–Kier alpha value is -4.96. The van der Waals surface area contributed by atoms with Crippen LogP contribution in [0.2, 0.25) is 0 Å². The van der Waals surface area contributed by atoms with E-state index in [2.05, 4.69) is 0 Å². The maximum Gasteiger partial charge on any atom is 0.266 e. The Kier molecular flexibility index (Phi) is 6.95. The molecule has 2 aliphatic carbocycles. The minimum atomic E-state index is -0.966. The van der Waals surface area contributed by atoms with E-state index in [-0.39, 0.29) is 11.8 Å². The molecule has 0 bridgehead atoms. The molecule has 4 aliphatic heterocycles. The lowest BCUT2D eigenvalue weighted by Gasteiger charge is -2.48. The van der Waals surface area contributed by atoms with Crippen molar-refractivity contribution in [2.75, 3.05) is 27.3 Å². The highest BCUT2D eigenvalue weighted by Gasteiger charge is 2.58. The molecule has 2 N–H and O–H groups in total. The van der Waals surface area contributed by atoms with Crippen LogP contribution >= 0.6 is 0 Å². The number of hydrogen-bond acceptors (Lipinski definition) is 7. The van der Waals surface area contributed by atoms with Gasteiger partial charge >= 0.3 is 0 Å². The van der Waals surface area contributed by atoms with E-state index in [0.29, 0.717) is 37.4 Å². The normalized spacial score (nSPS) is 28.7. The van der Waals surface area contributed by atoms with Crippen molar-refractivity contribution in [3.8, 4) is 11.5 Å². The van der Waals surface area contributed by atoms with Crippen LogP contribution in [0.3, 0.4) is 0 Å². The zero-order chi connectivity index (χ0) is 33.6. The third-order valence-corrected chi connectivity index (χ3v) is 11.2. The van der Waals surface area contributed by atoms with Crippen molar-refractivity contribution in [2.45, 2.75) is 49.3 Å². The van der Waals surface area contributed by atoms with Gasteiger partial charge in [-0.05, 0) is 92.8 Å². The van der Waals surface area contributed by atoms with Crippen LogP contribution in [0, 0.1) is 0 Å². The SMILES string of the molecule is COc1ccc(C2=C3CC(C4=C5CN6C(=O)[C@H](OC)C6[C@H](O)C(c6ccccc6)=C5C4)=C3CN3C(=O)[C@H](Oc4ccccc4)C3[C@@H]2O)cc1. The summed E-state index contributed by atoms with van der Waals surface area (Å²) in [6.45, 7) is 0.754. The standard InChI is InChI=1S/C40H36N2O7/c1-47-23-15-13-22(14-16-23)32-28-18-26(30(28)20-42-34(36(32)44)38(40(42)46)49-24-11-7-4-8-12-24)25-17-27-29(25)19-41-33(37(48-2)39(41)45)35(43)31(27)21-9-5-3-6-10-21/h3-16,33-38,43-44H,17-20H2,1-2H3/t33?,34?,35-,36-,37-,38-/m1/s1. The molecule has 9 nitrogen and oxygen atoms in total. The Labute approximate surface area is 284 Å². The first kappa shape index (κ1) is 30.1. The zero-order valence-corrected chi connectivity index (χ0v) is 27.2. The van der Waals surface area contributed by atoms with E-state index in [1.807, 2.05) is 84.9 Å². The molecule has 6 aliphatic rings. The van der Waals surface area contributed by atoms with Gasteiger partial charge < -0.3 is 34.2 Å². The van der Waals surface area contributed by atoms with Crippen molar-refractivity contribution in [3.05, 3.63) is 129 Å². The van der Waals surface area contributed by atoms with Gasteiger partial charge in [0, 0.05) is 20.2 Å². The predicted molar refractivity (Wildman–Crippen MR) is 181 cm³/mol. The number of aliphatic hydroxyl groups excluding tert-OH is 2. The van der Waals surface area contributed by atoms with Crippen molar-refractivity contribution >= 4 is 23.0 Å². The summed E-state index contributed by atoms with van der Waals surface area (Å²) in [7, 11) is 3.14. The van der Waals surface area contributed by atoms with E-state index in [9.17, 15) is 19.8 Å². The highest BCUT2D eigenvalue weighted by Crippen LogP contribution is 2.56. The summed E-state index contributed by atoms with van der Waals surface area (Å²) in [6.07, 6.45) is -2.08. The van der Waals surface area contributed by atoms with Gasteiger partial charge in [-0.15, -0.1) is 0 Å². The van der Waals surface area contributed by atoms with Gasteiger partial charge in [0.25, 0.3) is 11.8 Å². The van der Waals surface area contributed by atoms with Crippen LogP contribution in [0.15, 0.2) is 118 Å². The van der Waals surface area contributed by atoms with Crippen LogP contribution in [0.1, 0.15) is 24.0 Å². The van der Waals surface area contributed by atoms with Crippen molar-refractivity contribution in [3.63, 3.8) is 0 Å². The Morgan fingerprint density at radius 1 is 0.571 bits per heavy atom. The molecule has 2 unspecified atom stereocenters. The second kappa shape index (κ2) is 11.3. The average Bonchev–Trinajstić information content (AvgIpc) is 3.25. The fraction of sp³-hybridized carbons (Fsp3) is 0.300. The summed E-state index contributed by atoms with van der Waals surface area (Å²) in [5.41, 5.74) is 9.92. The number of rotatable bonds is 7. The molecule has 3 aromatic carbocycles. The topological polar surface area (TPSA) is 109 Å². The number of amides is 2. The number of methoxy groups -OCH3 is 2. The van der Waals surface area contributed by atoms with E-state index < -0.39 is 36.5 Å². The molecular weight excluding hydrogens is 620 g/mol.